The van der Waals surface area contributed by atoms with Gasteiger partial charge in [0.15, 0.2) is 0 Å². The van der Waals surface area contributed by atoms with Gasteiger partial charge in [-0.2, -0.15) is 0 Å². The summed E-state index contributed by atoms with van der Waals surface area (Å²) in [6, 6.07) is 0. The molecular weight excluding hydrogens is 204 g/mol. The first-order chi connectivity index (χ1) is 8.41. The summed E-state index contributed by atoms with van der Waals surface area (Å²) < 4.78 is 0. The van der Waals surface area contributed by atoms with Crippen LogP contribution in [0.5, 0.6) is 0 Å². The fraction of sp³-hybridized carbons (Fsp3) is 0.765. The van der Waals surface area contributed by atoms with Gasteiger partial charge in [0.25, 0.3) is 0 Å². The standard InChI is InChI=1S/C17H32/c1-3-5-7-9-11-13-15-17-16-14-12-10-8-6-4-2/h9,11,14,16H,3-8,10,12-13,15,17H2,1-2H3/b11-9+,16-14+. The van der Waals surface area contributed by atoms with Crippen molar-refractivity contribution in [3.8, 4) is 0 Å². The lowest BCUT2D eigenvalue weighted by Crippen LogP contribution is -1.74. The lowest BCUT2D eigenvalue weighted by molar-refractivity contribution is 0.673. The second kappa shape index (κ2) is 15.5. The molecule has 0 aliphatic heterocycles. The monoisotopic (exact) mass is 236 g/mol. The first-order valence-corrected chi connectivity index (χ1v) is 7.71. The molecule has 0 unspecified atom stereocenters. The molecule has 0 amide bonds. The minimum atomic E-state index is 1.25. The minimum Gasteiger partial charge on any atom is -0.0885 e. The third-order valence-electron chi connectivity index (χ3n) is 3.02. The first-order valence-electron chi connectivity index (χ1n) is 7.71. The third-order valence-corrected chi connectivity index (χ3v) is 3.02. The van der Waals surface area contributed by atoms with E-state index >= 15 is 0 Å². The summed E-state index contributed by atoms with van der Waals surface area (Å²) in [7, 11) is 0. The van der Waals surface area contributed by atoms with Crippen LogP contribution < -0.4 is 0 Å². The van der Waals surface area contributed by atoms with E-state index in [0.29, 0.717) is 0 Å². The highest BCUT2D eigenvalue weighted by Crippen LogP contribution is 2.05. The zero-order valence-electron chi connectivity index (χ0n) is 12.1. The summed E-state index contributed by atoms with van der Waals surface area (Å²) in [6.45, 7) is 4.52. The molecule has 0 aliphatic carbocycles. The maximum atomic E-state index is 2.37. The molecule has 0 nitrogen and oxygen atoms in total. The molecule has 0 saturated heterocycles. The average Bonchev–Trinajstić information content (AvgIpc) is 2.35. The van der Waals surface area contributed by atoms with Gasteiger partial charge in [-0.05, 0) is 38.5 Å². The Bertz CT molecular complexity index is 176. The van der Waals surface area contributed by atoms with Crippen molar-refractivity contribution in [1.29, 1.82) is 0 Å². The van der Waals surface area contributed by atoms with E-state index in [1.807, 2.05) is 0 Å². The maximum absolute atomic E-state index is 2.37. The highest BCUT2D eigenvalue weighted by Gasteiger charge is 1.85. The predicted octanol–water partition coefficient (Wildman–Crippen LogP) is 6.43. The Labute approximate surface area is 109 Å². The lowest BCUT2D eigenvalue weighted by Gasteiger charge is -1.94. The van der Waals surface area contributed by atoms with Crippen LogP contribution in [0.2, 0.25) is 0 Å². The molecule has 0 bridgehead atoms. The molecule has 0 fully saturated rings. The van der Waals surface area contributed by atoms with Crippen molar-refractivity contribution in [1.82, 2.24) is 0 Å². The number of unbranched alkanes of at least 4 members (excludes halogenated alkanes) is 8. The van der Waals surface area contributed by atoms with Gasteiger partial charge >= 0.3 is 0 Å². The molecule has 0 aromatic carbocycles. The lowest BCUT2D eigenvalue weighted by atomic mass is 10.1. The summed E-state index contributed by atoms with van der Waals surface area (Å²) in [5.74, 6) is 0. The molecule has 17 heavy (non-hydrogen) atoms. The van der Waals surface area contributed by atoms with Crippen LogP contribution in [0.4, 0.5) is 0 Å². The summed E-state index contributed by atoms with van der Waals surface area (Å²) in [5.41, 5.74) is 0. The van der Waals surface area contributed by atoms with E-state index < -0.39 is 0 Å². The fourth-order valence-electron chi connectivity index (χ4n) is 1.84. The van der Waals surface area contributed by atoms with E-state index in [1.165, 1.54) is 70.6 Å². The molecule has 0 radical (unpaired) electrons. The van der Waals surface area contributed by atoms with Gasteiger partial charge in [0.2, 0.25) is 0 Å². The number of hydrogen-bond donors (Lipinski definition) is 0. The first kappa shape index (κ1) is 16.5. The van der Waals surface area contributed by atoms with Crippen LogP contribution in [-0.2, 0) is 0 Å². The van der Waals surface area contributed by atoms with E-state index in [2.05, 4.69) is 38.2 Å². The molecule has 0 aliphatic rings. The second-order valence-corrected chi connectivity index (χ2v) is 4.87. The smallest absolute Gasteiger partial charge is 0.0348 e. The SMILES string of the molecule is CCCC/C=C/CCC/C=C/CCCCCC. The number of allylic oxidation sites excluding steroid dienone is 4. The minimum absolute atomic E-state index is 1.25. The molecule has 0 atom stereocenters. The van der Waals surface area contributed by atoms with Crippen LogP contribution >= 0.6 is 0 Å². The second-order valence-electron chi connectivity index (χ2n) is 4.87. The highest BCUT2D eigenvalue weighted by atomic mass is 13.9. The number of hydrogen-bond acceptors (Lipinski definition) is 0. The molecule has 0 spiro atoms. The summed E-state index contributed by atoms with van der Waals surface area (Å²) in [6.07, 6.45) is 24.0. The summed E-state index contributed by atoms with van der Waals surface area (Å²) >= 11 is 0. The molecule has 0 rings (SSSR count). The molecule has 0 heterocycles. The zero-order valence-corrected chi connectivity index (χ0v) is 12.1. The maximum Gasteiger partial charge on any atom is -0.0348 e. The molecule has 0 saturated carbocycles. The van der Waals surface area contributed by atoms with Gasteiger partial charge in [-0.3, -0.25) is 0 Å². The molecule has 0 aromatic heterocycles. The van der Waals surface area contributed by atoms with Gasteiger partial charge in [-0.25, -0.2) is 0 Å². The summed E-state index contributed by atoms with van der Waals surface area (Å²) in [5, 5.41) is 0. The Morgan fingerprint density at radius 1 is 0.471 bits per heavy atom. The van der Waals surface area contributed by atoms with Gasteiger partial charge < -0.3 is 0 Å². The van der Waals surface area contributed by atoms with Crippen LogP contribution in [0.25, 0.3) is 0 Å². The molecule has 0 aromatic rings. The Morgan fingerprint density at radius 2 is 0.941 bits per heavy atom. The molecular formula is C17H32. The van der Waals surface area contributed by atoms with Crippen LogP contribution in [0, 0.1) is 0 Å². The van der Waals surface area contributed by atoms with E-state index in [0.717, 1.165) is 0 Å². The van der Waals surface area contributed by atoms with Gasteiger partial charge in [-0.1, -0.05) is 70.3 Å². The van der Waals surface area contributed by atoms with Gasteiger partial charge in [0.05, 0.1) is 0 Å². The Hall–Kier alpha value is -0.520. The van der Waals surface area contributed by atoms with E-state index in [1.54, 1.807) is 0 Å². The van der Waals surface area contributed by atoms with E-state index in [-0.39, 0.29) is 0 Å². The Balaban J connectivity index is 3.11. The van der Waals surface area contributed by atoms with Crippen molar-refractivity contribution in [3.05, 3.63) is 24.3 Å². The normalized spacial score (nSPS) is 11.9. The fourth-order valence-corrected chi connectivity index (χ4v) is 1.84. The van der Waals surface area contributed by atoms with Crippen molar-refractivity contribution in [2.24, 2.45) is 0 Å². The molecule has 100 valence electrons. The van der Waals surface area contributed by atoms with Gasteiger partial charge in [-0.15, -0.1) is 0 Å². The third kappa shape index (κ3) is 15.5. The molecule has 0 heteroatoms. The van der Waals surface area contributed by atoms with Crippen molar-refractivity contribution >= 4 is 0 Å². The van der Waals surface area contributed by atoms with Crippen molar-refractivity contribution in [2.45, 2.75) is 84.5 Å². The van der Waals surface area contributed by atoms with Gasteiger partial charge in [0.1, 0.15) is 0 Å². The average molecular weight is 236 g/mol. The molecule has 0 N–H and O–H groups in total. The largest absolute Gasteiger partial charge is 0.0885 e. The van der Waals surface area contributed by atoms with Crippen molar-refractivity contribution < 1.29 is 0 Å². The van der Waals surface area contributed by atoms with Crippen LogP contribution in [0.3, 0.4) is 0 Å². The van der Waals surface area contributed by atoms with Crippen molar-refractivity contribution in [3.63, 3.8) is 0 Å². The Morgan fingerprint density at radius 3 is 1.47 bits per heavy atom. The topological polar surface area (TPSA) is 0 Å². The summed E-state index contributed by atoms with van der Waals surface area (Å²) in [4.78, 5) is 0. The van der Waals surface area contributed by atoms with Gasteiger partial charge in [0, 0.05) is 0 Å². The van der Waals surface area contributed by atoms with E-state index in [9.17, 15) is 0 Å². The van der Waals surface area contributed by atoms with E-state index in [4.69, 9.17) is 0 Å². The van der Waals surface area contributed by atoms with Crippen molar-refractivity contribution in [2.75, 3.05) is 0 Å². The van der Waals surface area contributed by atoms with Crippen LogP contribution in [0.1, 0.15) is 84.5 Å². The Kier molecular flexibility index (Phi) is 15.0. The number of rotatable bonds is 12. The van der Waals surface area contributed by atoms with Crippen LogP contribution in [-0.4, -0.2) is 0 Å². The zero-order chi connectivity index (χ0) is 12.6. The predicted molar refractivity (Wildman–Crippen MR) is 80.4 cm³/mol. The van der Waals surface area contributed by atoms with Crippen LogP contribution in [0.15, 0.2) is 24.3 Å². The highest BCUT2D eigenvalue weighted by molar-refractivity contribution is 4.85. The quantitative estimate of drug-likeness (QED) is 0.270.